The topological polar surface area (TPSA) is 78.7 Å². The first-order valence-corrected chi connectivity index (χ1v) is 6.53. The Labute approximate surface area is 108 Å². The van der Waals surface area contributed by atoms with E-state index in [2.05, 4.69) is 17.1 Å². The molecule has 0 atom stereocenters. The zero-order valence-electron chi connectivity index (χ0n) is 11.3. The van der Waals surface area contributed by atoms with Gasteiger partial charge in [-0.2, -0.15) is 0 Å². The van der Waals surface area contributed by atoms with Crippen molar-refractivity contribution in [2.45, 2.75) is 25.8 Å². The lowest BCUT2D eigenvalue weighted by molar-refractivity contribution is -0.134. The number of carbonyl (C=O) groups is 2. The van der Waals surface area contributed by atoms with Crippen molar-refractivity contribution in [1.29, 1.82) is 0 Å². The van der Waals surface area contributed by atoms with Crippen molar-refractivity contribution in [1.82, 2.24) is 15.1 Å². The van der Waals surface area contributed by atoms with Crippen LogP contribution in [-0.4, -0.2) is 67.4 Å². The van der Waals surface area contributed by atoms with E-state index in [1.807, 2.05) is 7.05 Å². The van der Waals surface area contributed by atoms with Crippen LogP contribution in [0, 0.1) is 0 Å². The minimum absolute atomic E-state index is 0.0422. The van der Waals surface area contributed by atoms with Crippen LogP contribution in [0.5, 0.6) is 0 Å². The van der Waals surface area contributed by atoms with E-state index < -0.39 is 0 Å². The first-order valence-electron chi connectivity index (χ1n) is 6.53. The summed E-state index contributed by atoms with van der Waals surface area (Å²) in [5.74, 6) is -0.343. The predicted molar refractivity (Wildman–Crippen MR) is 70.0 cm³/mol. The molecule has 0 aromatic heterocycles. The van der Waals surface area contributed by atoms with Crippen molar-refractivity contribution < 1.29 is 9.59 Å². The summed E-state index contributed by atoms with van der Waals surface area (Å²) in [4.78, 5) is 27.0. The second kappa shape index (κ2) is 7.33. The number of nitrogens with zero attached hydrogens (tertiary/aromatic N) is 2. The van der Waals surface area contributed by atoms with E-state index in [1.54, 1.807) is 4.90 Å². The molecule has 0 bridgehead atoms. The molecule has 1 aliphatic rings. The second-order valence-electron chi connectivity index (χ2n) is 4.65. The van der Waals surface area contributed by atoms with Crippen LogP contribution in [0.25, 0.3) is 0 Å². The second-order valence-corrected chi connectivity index (χ2v) is 4.65. The molecule has 1 fully saturated rings. The Balaban J connectivity index is 2.33. The fourth-order valence-electron chi connectivity index (χ4n) is 2.20. The summed E-state index contributed by atoms with van der Waals surface area (Å²) in [5.41, 5.74) is 5.17. The van der Waals surface area contributed by atoms with Gasteiger partial charge in [-0.25, -0.2) is 0 Å². The van der Waals surface area contributed by atoms with Gasteiger partial charge in [-0.1, -0.05) is 6.92 Å². The SMILES string of the molecule is CCN1CCC(N(C)C(=O)CNC(=O)CN)CC1. The molecule has 1 heterocycles. The molecular formula is C12H24N4O2. The molecule has 0 spiro atoms. The summed E-state index contributed by atoms with van der Waals surface area (Å²) in [6, 6.07) is 0.287. The van der Waals surface area contributed by atoms with Crippen molar-refractivity contribution in [3.8, 4) is 0 Å². The Morgan fingerprint density at radius 2 is 2.00 bits per heavy atom. The van der Waals surface area contributed by atoms with Crippen molar-refractivity contribution >= 4 is 11.8 Å². The largest absolute Gasteiger partial charge is 0.346 e. The standard InChI is InChI=1S/C12H24N4O2/c1-3-16-6-4-10(5-7-16)15(2)12(18)9-14-11(17)8-13/h10H,3-9,13H2,1-2H3,(H,14,17). The number of amides is 2. The highest BCUT2D eigenvalue weighted by Crippen LogP contribution is 2.14. The van der Waals surface area contributed by atoms with Crippen molar-refractivity contribution in [3.63, 3.8) is 0 Å². The van der Waals surface area contributed by atoms with Gasteiger partial charge in [0.15, 0.2) is 0 Å². The quantitative estimate of drug-likeness (QED) is 0.661. The molecule has 1 rings (SSSR count). The van der Waals surface area contributed by atoms with Gasteiger partial charge >= 0.3 is 0 Å². The molecule has 0 unspecified atom stereocenters. The molecule has 0 saturated carbocycles. The highest BCUT2D eigenvalue weighted by Gasteiger charge is 2.24. The summed E-state index contributed by atoms with van der Waals surface area (Å²) in [5, 5.41) is 2.51. The number of nitrogens with two attached hydrogens (primary N) is 1. The summed E-state index contributed by atoms with van der Waals surface area (Å²) >= 11 is 0. The van der Waals surface area contributed by atoms with Crippen LogP contribution in [0.15, 0.2) is 0 Å². The molecule has 3 N–H and O–H groups in total. The lowest BCUT2D eigenvalue weighted by Gasteiger charge is -2.36. The number of carbonyl (C=O) groups excluding carboxylic acids is 2. The monoisotopic (exact) mass is 256 g/mol. The molecular weight excluding hydrogens is 232 g/mol. The zero-order chi connectivity index (χ0) is 13.5. The first-order chi connectivity index (χ1) is 8.58. The minimum atomic E-state index is -0.294. The highest BCUT2D eigenvalue weighted by molar-refractivity contribution is 5.85. The molecule has 1 aliphatic heterocycles. The van der Waals surface area contributed by atoms with E-state index >= 15 is 0 Å². The molecule has 1 saturated heterocycles. The van der Waals surface area contributed by atoms with E-state index in [-0.39, 0.29) is 30.9 Å². The Morgan fingerprint density at radius 1 is 1.39 bits per heavy atom. The van der Waals surface area contributed by atoms with Crippen LogP contribution in [0.2, 0.25) is 0 Å². The zero-order valence-corrected chi connectivity index (χ0v) is 11.3. The molecule has 6 heteroatoms. The van der Waals surface area contributed by atoms with Gasteiger partial charge in [-0.15, -0.1) is 0 Å². The van der Waals surface area contributed by atoms with E-state index in [0.29, 0.717) is 0 Å². The van der Waals surface area contributed by atoms with Gasteiger partial charge in [-0.05, 0) is 19.4 Å². The van der Waals surface area contributed by atoms with Gasteiger partial charge in [-0.3, -0.25) is 9.59 Å². The van der Waals surface area contributed by atoms with Crippen LogP contribution >= 0.6 is 0 Å². The number of hydrogen-bond acceptors (Lipinski definition) is 4. The van der Waals surface area contributed by atoms with Gasteiger partial charge < -0.3 is 20.9 Å². The van der Waals surface area contributed by atoms with E-state index in [0.717, 1.165) is 32.5 Å². The lowest BCUT2D eigenvalue weighted by atomic mass is 10.0. The number of nitrogens with one attached hydrogen (secondary N) is 1. The van der Waals surface area contributed by atoms with E-state index in [4.69, 9.17) is 5.73 Å². The Bertz CT molecular complexity index is 288. The number of likely N-dealkylation sites (N-methyl/N-ethyl adjacent to an activating group) is 1. The number of likely N-dealkylation sites (tertiary alicyclic amines) is 1. The fraction of sp³-hybridized carbons (Fsp3) is 0.833. The number of hydrogen-bond donors (Lipinski definition) is 2. The molecule has 6 nitrogen and oxygen atoms in total. The van der Waals surface area contributed by atoms with Gasteiger partial charge in [0, 0.05) is 26.2 Å². The predicted octanol–water partition coefficient (Wildman–Crippen LogP) is -0.996. The molecule has 0 aliphatic carbocycles. The summed E-state index contributed by atoms with van der Waals surface area (Å²) in [6.45, 7) is 5.25. The van der Waals surface area contributed by atoms with Gasteiger partial charge in [0.05, 0.1) is 13.1 Å². The van der Waals surface area contributed by atoms with Crippen LogP contribution in [0.4, 0.5) is 0 Å². The number of rotatable bonds is 5. The van der Waals surface area contributed by atoms with Gasteiger partial charge in [0.1, 0.15) is 0 Å². The Morgan fingerprint density at radius 3 is 2.50 bits per heavy atom. The smallest absolute Gasteiger partial charge is 0.241 e. The van der Waals surface area contributed by atoms with Gasteiger partial charge in [0.25, 0.3) is 0 Å². The van der Waals surface area contributed by atoms with E-state index in [9.17, 15) is 9.59 Å². The van der Waals surface area contributed by atoms with Crippen LogP contribution in [-0.2, 0) is 9.59 Å². The summed E-state index contributed by atoms with van der Waals surface area (Å²) in [7, 11) is 1.81. The molecule has 0 radical (unpaired) electrons. The summed E-state index contributed by atoms with van der Waals surface area (Å²) in [6.07, 6.45) is 2.00. The fourth-order valence-corrected chi connectivity index (χ4v) is 2.20. The minimum Gasteiger partial charge on any atom is -0.346 e. The third-order valence-corrected chi connectivity index (χ3v) is 3.57. The first kappa shape index (κ1) is 14.9. The normalized spacial score (nSPS) is 17.5. The van der Waals surface area contributed by atoms with Crippen LogP contribution < -0.4 is 11.1 Å². The average molecular weight is 256 g/mol. The molecule has 0 aromatic carbocycles. The van der Waals surface area contributed by atoms with Crippen LogP contribution in [0.3, 0.4) is 0 Å². The molecule has 104 valence electrons. The Hall–Kier alpha value is -1.14. The Kier molecular flexibility index (Phi) is 6.07. The van der Waals surface area contributed by atoms with Crippen molar-refractivity contribution in [2.75, 3.05) is 39.8 Å². The maximum absolute atomic E-state index is 11.9. The lowest BCUT2D eigenvalue weighted by Crippen LogP contribution is -2.48. The van der Waals surface area contributed by atoms with E-state index in [1.165, 1.54) is 0 Å². The maximum atomic E-state index is 11.9. The van der Waals surface area contributed by atoms with Crippen molar-refractivity contribution in [3.05, 3.63) is 0 Å². The molecule has 2 amide bonds. The third kappa shape index (κ3) is 4.27. The van der Waals surface area contributed by atoms with Gasteiger partial charge in [0.2, 0.25) is 11.8 Å². The molecule has 18 heavy (non-hydrogen) atoms. The maximum Gasteiger partial charge on any atom is 0.241 e. The van der Waals surface area contributed by atoms with Crippen molar-refractivity contribution in [2.24, 2.45) is 5.73 Å². The third-order valence-electron chi connectivity index (χ3n) is 3.57. The summed E-state index contributed by atoms with van der Waals surface area (Å²) < 4.78 is 0. The number of piperidine rings is 1. The highest BCUT2D eigenvalue weighted by atomic mass is 16.2. The van der Waals surface area contributed by atoms with Crippen LogP contribution in [0.1, 0.15) is 19.8 Å². The average Bonchev–Trinajstić information content (AvgIpc) is 2.43. The molecule has 0 aromatic rings.